The largest absolute Gasteiger partial charge is 0.322 e. The molecule has 146 valence electrons. The van der Waals surface area contributed by atoms with Gasteiger partial charge in [0.05, 0.1) is 29.4 Å². The summed E-state index contributed by atoms with van der Waals surface area (Å²) in [4.78, 5) is 29.0. The van der Waals surface area contributed by atoms with Crippen molar-refractivity contribution >= 4 is 32.5 Å². The lowest BCUT2D eigenvalue weighted by Gasteiger charge is -2.10. The van der Waals surface area contributed by atoms with Gasteiger partial charge in [-0.2, -0.15) is 5.10 Å². The smallest absolute Gasteiger partial charge is 0.264 e. The number of amides is 1. The maximum atomic E-state index is 13.6. The third kappa shape index (κ3) is 3.40. The quantitative estimate of drug-likeness (QED) is 0.684. The van der Waals surface area contributed by atoms with E-state index < -0.39 is 27.1 Å². The Morgan fingerprint density at radius 2 is 2.11 bits per heavy atom. The van der Waals surface area contributed by atoms with Crippen molar-refractivity contribution in [1.29, 1.82) is 0 Å². The second kappa shape index (κ2) is 6.82. The molecule has 1 aromatic carbocycles. The zero-order valence-corrected chi connectivity index (χ0v) is 15.4. The predicted molar refractivity (Wildman–Crippen MR) is 99.1 cm³/mol. The Morgan fingerprint density at radius 1 is 1.32 bits per heavy atom. The standard InChI is InChI=1S/C17H16FN5O4S/c18-13-3-1-2-4-14(13)21-15(24)8-22-10-19-16-12(17(22)25)7-20-23(16)11-5-6-28(26,27)9-11/h1-4,7,10-11H,5-6,8-9H2,(H,21,24). The van der Waals surface area contributed by atoms with Gasteiger partial charge < -0.3 is 5.32 Å². The van der Waals surface area contributed by atoms with Gasteiger partial charge in [-0.05, 0) is 18.6 Å². The Hall–Kier alpha value is -3.08. The van der Waals surface area contributed by atoms with Gasteiger partial charge in [0.2, 0.25) is 5.91 Å². The zero-order chi connectivity index (χ0) is 19.9. The highest BCUT2D eigenvalue weighted by molar-refractivity contribution is 7.91. The van der Waals surface area contributed by atoms with Crippen LogP contribution < -0.4 is 10.9 Å². The molecule has 2 aromatic heterocycles. The van der Waals surface area contributed by atoms with Gasteiger partial charge in [-0.15, -0.1) is 0 Å². The van der Waals surface area contributed by atoms with Crippen molar-refractivity contribution in [3.8, 4) is 0 Å². The zero-order valence-electron chi connectivity index (χ0n) is 14.6. The molecule has 4 rings (SSSR count). The summed E-state index contributed by atoms with van der Waals surface area (Å²) >= 11 is 0. The van der Waals surface area contributed by atoms with E-state index in [0.29, 0.717) is 6.42 Å². The van der Waals surface area contributed by atoms with E-state index in [-0.39, 0.29) is 40.8 Å². The van der Waals surface area contributed by atoms with E-state index in [4.69, 9.17) is 0 Å². The summed E-state index contributed by atoms with van der Waals surface area (Å²) in [6, 6.07) is 5.34. The minimum absolute atomic E-state index is 0.0184. The van der Waals surface area contributed by atoms with Crippen LogP contribution in [0.5, 0.6) is 0 Å². The Labute approximate surface area is 158 Å². The number of carbonyl (C=O) groups is 1. The molecule has 1 N–H and O–H groups in total. The molecule has 1 amide bonds. The predicted octanol–water partition coefficient (Wildman–Crippen LogP) is 0.730. The van der Waals surface area contributed by atoms with E-state index in [0.717, 1.165) is 4.57 Å². The summed E-state index contributed by atoms with van der Waals surface area (Å²) < 4.78 is 39.6. The van der Waals surface area contributed by atoms with Crippen LogP contribution in [-0.4, -0.2) is 45.2 Å². The topological polar surface area (TPSA) is 116 Å². The molecular weight excluding hydrogens is 389 g/mol. The Morgan fingerprint density at radius 3 is 2.82 bits per heavy atom. The minimum atomic E-state index is -3.11. The van der Waals surface area contributed by atoms with Crippen LogP contribution >= 0.6 is 0 Å². The molecular formula is C17H16FN5O4S. The van der Waals surface area contributed by atoms with Gasteiger partial charge in [-0.3, -0.25) is 14.2 Å². The molecule has 28 heavy (non-hydrogen) atoms. The van der Waals surface area contributed by atoms with Crippen molar-refractivity contribution in [2.45, 2.75) is 19.0 Å². The van der Waals surface area contributed by atoms with Gasteiger partial charge in [0.15, 0.2) is 15.5 Å². The maximum Gasteiger partial charge on any atom is 0.264 e. The SMILES string of the molecule is O=C(Cn1cnc2c(cnn2C2CCS(=O)(=O)C2)c1=O)Nc1ccccc1F. The molecule has 3 aromatic rings. The van der Waals surface area contributed by atoms with E-state index >= 15 is 0 Å². The molecule has 1 atom stereocenters. The summed E-state index contributed by atoms with van der Waals surface area (Å²) in [6.45, 7) is -0.348. The Balaban J connectivity index is 1.58. The summed E-state index contributed by atoms with van der Waals surface area (Å²) in [5.41, 5.74) is -0.191. The lowest BCUT2D eigenvalue weighted by molar-refractivity contribution is -0.116. The van der Waals surface area contributed by atoms with Crippen LogP contribution in [0.15, 0.2) is 41.6 Å². The number of hydrogen-bond donors (Lipinski definition) is 1. The van der Waals surface area contributed by atoms with Crippen LogP contribution in [0.3, 0.4) is 0 Å². The molecule has 1 fully saturated rings. The monoisotopic (exact) mass is 405 g/mol. The average Bonchev–Trinajstić information content (AvgIpc) is 3.22. The van der Waals surface area contributed by atoms with Crippen molar-refractivity contribution < 1.29 is 17.6 Å². The maximum absolute atomic E-state index is 13.6. The minimum Gasteiger partial charge on any atom is -0.322 e. The number of sulfone groups is 1. The van der Waals surface area contributed by atoms with Gasteiger partial charge in [0.1, 0.15) is 24.1 Å². The summed E-state index contributed by atoms with van der Waals surface area (Å²) in [5, 5.41) is 6.72. The van der Waals surface area contributed by atoms with Crippen molar-refractivity contribution in [1.82, 2.24) is 19.3 Å². The highest BCUT2D eigenvalue weighted by Gasteiger charge is 2.31. The summed E-state index contributed by atoms with van der Waals surface area (Å²) in [7, 11) is -3.11. The molecule has 0 aliphatic carbocycles. The normalized spacial score (nSPS) is 18.4. The van der Waals surface area contributed by atoms with E-state index in [2.05, 4.69) is 15.4 Å². The number of benzene rings is 1. The number of nitrogens with one attached hydrogen (secondary N) is 1. The number of fused-ring (bicyclic) bond motifs is 1. The second-order valence-corrected chi connectivity index (χ2v) is 8.82. The van der Waals surface area contributed by atoms with Crippen LogP contribution in [0.1, 0.15) is 12.5 Å². The number of para-hydroxylation sites is 1. The number of halogens is 1. The Bertz CT molecular complexity index is 1230. The molecule has 0 spiro atoms. The van der Waals surface area contributed by atoms with Crippen LogP contribution in [0.2, 0.25) is 0 Å². The number of anilines is 1. The molecule has 0 bridgehead atoms. The molecule has 0 radical (unpaired) electrons. The summed E-state index contributed by atoms with van der Waals surface area (Å²) in [5.74, 6) is -1.13. The molecule has 11 heteroatoms. The number of carbonyl (C=O) groups excluding carboxylic acids is 1. The van der Waals surface area contributed by atoms with Gasteiger partial charge in [-0.25, -0.2) is 22.5 Å². The molecule has 1 aliphatic rings. The van der Waals surface area contributed by atoms with Gasteiger partial charge in [0, 0.05) is 0 Å². The van der Waals surface area contributed by atoms with Gasteiger partial charge in [0.25, 0.3) is 5.56 Å². The van der Waals surface area contributed by atoms with E-state index in [1.807, 2.05) is 0 Å². The average molecular weight is 405 g/mol. The fourth-order valence-corrected chi connectivity index (χ4v) is 4.91. The van der Waals surface area contributed by atoms with Crippen molar-refractivity contribution in [3.05, 3.63) is 53.0 Å². The lowest BCUT2D eigenvalue weighted by Crippen LogP contribution is -2.28. The third-order valence-corrected chi connectivity index (χ3v) is 6.35. The third-order valence-electron chi connectivity index (χ3n) is 4.60. The van der Waals surface area contributed by atoms with Crippen LogP contribution in [0.25, 0.3) is 11.0 Å². The van der Waals surface area contributed by atoms with Gasteiger partial charge >= 0.3 is 0 Å². The highest BCUT2D eigenvalue weighted by atomic mass is 32.2. The van der Waals surface area contributed by atoms with E-state index in [1.165, 1.54) is 35.4 Å². The highest BCUT2D eigenvalue weighted by Crippen LogP contribution is 2.25. The first-order chi connectivity index (χ1) is 13.3. The van der Waals surface area contributed by atoms with E-state index in [1.54, 1.807) is 6.07 Å². The number of aromatic nitrogens is 4. The van der Waals surface area contributed by atoms with Gasteiger partial charge in [-0.1, -0.05) is 12.1 Å². The van der Waals surface area contributed by atoms with Crippen molar-refractivity contribution in [2.24, 2.45) is 0 Å². The van der Waals surface area contributed by atoms with E-state index in [9.17, 15) is 22.4 Å². The fraction of sp³-hybridized carbons (Fsp3) is 0.294. The first kappa shape index (κ1) is 18.3. The number of rotatable bonds is 4. The first-order valence-corrected chi connectivity index (χ1v) is 10.3. The second-order valence-electron chi connectivity index (χ2n) is 6.59. The van der Waals surface area contributed by atoms with Crippen LogP contribution in [-0.2, 0) is 21.2 Å². The number of hydrogen-bond acceptors (Lipinski definition) is 6. The summed E-state index contributed by atoms with van der Waals surface area (Å²) in [6.07, 6.45) is 2.93. The van der Waals surface area contributed by atoms with Crippen molar-refractivity contribution in [3.63, 3.8) is 0 Å². The number of nitrogens with zero attached hydrogens (tertiary/aromatic N) is 4. The van der Waals surface area contributed by atoms with Crippen LogP contribution in [0.4, 0.5) is 10.1 Å². The van der Waals surface area contributed by atoms with Crippen LogP contribution in [0, 0.1) is 5.82 Å². The first-order valence-electron chi connectivity index (χ1n) is 8.51. The molecule has 0 saturated carbocycles. The molecule has 1 unspecified atom stereocenters. The molecule has 3 heterocycles. The molecule has 9 nitrogen and oxygen atoms in total. The fourth-order valence-electron chi connectivity index (χ4n) is 3.22. The van der Waals surface area contributed by atoms with Crippen molar-refractivity contribution in [2.75, 3.05) is 16.8 Å². The molecule has 1 saturated heterocycles. The lowest BCUT2D eigenvalue weighted by atomic mass is 10.3. The molecule has 1 aliphatic heterocycles. The Kier molecular flexibility index (Phi) is 4.46.